The number of nitrogens with zero attached hydrogens (tertiary/aromatic N) is 5. The van der Waals surface area contributed by atoms with E-state index in [0.717, 1.165) is 45.4 Å². The number of urea groups is 1. The fourth-order valence-corrected chi connectivity index (χ4v) is 5.68. The first-order valence-corrected chi connectivity index (χ1v) is 13.6. The van der Waals surface area contributed by atoms with Crippen LogP contribution in [0.4, 0.5) is 10.5 Å². The number of esters is 1. The lowest BCUT2D eigenvalue weighted by Gasteiger charge is -2.19. The number of pyridine rings is 1. The highest BCUT2D eigenvalue weighted by Gasteiger charge is 2.32. The van der Waals surface area contributed by atoms with E-state index in [1.807, 2.05) is 42.6 Å². The van der Waals surface area contributed by atoms with Crippen molar-refractivity contribution in [3.8, 4) is 11.3 Å². The molecule has 5 rings (SSSR count). The number of aryl methyl sites for hydroxylation is 1. The molecule has 1 saturated heterocycles. The van der Waals surface area contributed by atoms with Crippen LogP contribution in [0, 0.1) is 0 Å². The average Bonchev–Trinajstić information content (AvgIpc) is 3.61. The molecule has 1 fully saturated rings. The summed E-state index contributed by atoms with van der Waals surface area (Å²) in [7, 11) is 0. The molecule has 1 aliphatic rings. The number of imidazole rings is 1. The highest BCUT2D eigenvalue weighted by Crippen LogP contribution is 2.34. The molecule has 37 heavy (non-hydrogen) atoms. The van der Waals surface area contributed by atoms with E-state index in [-0.39, 0.29) is 18.5 Å². The number of carbonyl (C=O) groups excluding carboxylic acids is 2. The molecule has 0 spiro atoms. The predicted octanol–water partition coefficient (Wildman–Crippen LogP) is 5.63. The van der Waals surface area contributed by atoms with Crippen molar-refractivity contribution >= 4 is 46.3 Å². The van der Waals surface area contributed by atoms with E-state index in [1.54, 1.807) is 23.2 Å². The summed E-state index contributed by atoms with van der Waals surface area (Å²) in [4.78, 5) is 38.0. The first-order chi connectivity index (χ1) is 17.9. The zero-order valence-corrected chi connectivity index (χ0v) is 22.6. The molecule has 1 atom stereocenters. The minimum atomic E-state index is -0.395. The number of hydrogen-bond donors (Lipinski definition) is 0. The Hall–Kier alpha value is -3.43. The van der Waals surface area contributed by atoms with Crippen molar-refractivity contribution in [2.75, 3.05) is 31.1 Å². The highest BCUT2D eigenvalue weighted by molar-refractivity contribution is 7.10. The summed E-state index contributed by atoms with van der Waals surface area (Å²) in [6, 6.07) is 11.3. The van der Waals surface area contributed by atoms with E-state index >= 15 is 0 Å². The van der Waals surface area contributed by atoms with Crippen LogP contribution in [-0.4, -0.2) is 57.5 Å². The Kier molecular flexibility index (Phi) is 7.17. The number of thiazole rings is 1. The highest BCUT2D eigenvalue weighted by atomic mass is 35.5. The first-order valence-electron chi connectivity index (χ1n) is 12.3. The summed E-state index contributed by atoms with van der Waals surface area (Å²) in [5, 5.41) is 3.75. The molecule has 10 heteroatoms. The van der Waals surface area contributed by atoms with Crippen LogP contribution in [0.1, 0.15) is 43.1 Å². The van der Waals surface area contributed by atoms with Crippen LogP contribution in [0.25, 0.3) is 16.9 Å². The zero-order valence-electron chi connectivity index (χ0n) is 21.0. The maximum atomic E-state index is 13.0. The van der Waals surface area contributed by atoms with Gasteiger partial charge in [0.2, 0.25) is 0 Å². The third kappa shape index (κ3) is 4.93. The van der Waals surface area contributed by atoms with Crippen LogP contribution < -0.4 is 4.90 Å². The van der Waals surface area contributed by atoms with Gasteiger partial charge in [0.1, 0.15) is 17.2 Å². The lowest BCUT2D eigenvalue weighted by Crippen LogP contribution is -2.36. The summed E-state index contributed by atoms with van der Waals surface area (Å²) in [5.41, 5.74) is 5.59. The Labute approximate surface area is 224 Å². The summed E-state index contributed by atoms with van der Waals surface area (Å²) in [6.07, 6.45) is 2.74. The molecule has 4 heterocycles. The van der Waals surface area contributed by atoms with Crippen LogP contribution >= 0.6 is 22.9 Å². The molecule has 0 bridgehead atoms. The molecule has 1 aromatic carbocycles. The van der Waals surface area contributed by atoms with Crippen molar-refractivity contribution in [1.29, 1.82) is 0 Å². The molecule has 0 aliphatic carbocycles. The quantitative estimate of drug-likeness (QED) is 0.272. The van der Waals surface area contributed by atoms with E-state index < -0.39 is 5.97 Å². The number of hydrogen-bond acceptors (Lipinski definition) is 6. The molecule has 2 amide bonds. The maximum absolute atomic E-state index is 13.0. The second-order valence-corrected chi connectivity index (χ2v) is 10.2. The van der Waals surface area contributed by atoms with Gasteiger partial charge in [-0.2, -0.15) is 0 Å². The number of fused-ring (bicyclic) bond motifs is 1. The van der Waals surface area contributed by atoms with Gasteiger partial charge < -0.3 is 14.0 Å². The van der Waals surface area contributed by atoms with Gasteiger partial charge in [-0.15, -0.1) is 11.3 Å². The lowest BCUT2D eigenvalue weighted by atomic mass is 10.1. The minimum Gasteiger partial charge on any atom is -0.465 e. The van der Waals surface area contributed by atoms with Crippen LogP contribution in [0.3, 0.4) is 0 Å². The summed E-state index contributed by atoms with van der Waals surface area (Å²) < 4.78 is 7.08. The number of aromatic nitrogens is 3. The molecule has 4 aromatic rings. The van der Waals surface area contributed by atoms with Crippen molar-refractivity contribution in [3.05, 3.63) is 69.4 Å². The summed E-state index contributed by atoms with van der Waals surface area (Å²) in [6.45, 7) is 7.21. The molecule has 1 aliphatic heterocycles. The van der Waals surface area contributed by atoms with E-state index in [2.05, 4.69) is 23.6 Å². The average molecular weight is 538 g/mol. The molecular formula is C27H28ClN5O3S. The fraction of sp³-hybridized carbons (Fsp3) is 0.333. The van der Waals surface area contributed by atoms with Gasteiger partial charge in [0.15, 0.2) is 0 Å². The Morgan fingerprint density at radius 1 is 1.14 bits per heavy atom. The molecule has 0 saturated carbocycles. The standard InChI is InChI=1S/C27H28ClN5O3S/c1-4-21-25(17(3)26-30-22(16-37-26)18-6-8-19(28)9-7-18)33-14-20(10-11-23(33)29-21)32-13-12-31(27(32)35)15-24(34)36-5-2/h6-11,14,16-17H,4-5,12-13,15H2,1-3H3. The minimum absolute atomic E-state index is 0.000780. The van der Waals surface area contributed by atoms with Crippen LogP contribution in [0.5, 0.6) is 0 Å². The molecule has 192 valence electrons. The number of amides is 2. The number of carbonyl (C=O) groups is 2. The van der Waals surface area contributed by atoms with Crippen molar-refractivity contribution < 1.29 is 14.3 Å². The maximum Gasteiger partial charge on any atom is 0.325 e. The van der Waals surface area contributed by atoms with Crippen molar-refractivity contribution in [2.45, 2.75) is 33.1 Å². The van der Waals surface area contributed by atoms with Crippen molar-refractivity contribution in [1.82, 2.24) is 19.3 Å². The lowest BCUT2D eigenvalue weighted by molar-refractivity contribution is -0.143. The molecule has 3 aromatic heterocycles. The number of rotatable bonds is 8. The number of halogens is 1. The van der Waals surface area contributed by atoms with Crippen LogP contribution in [-0.2, 0) is 16.0 Å². The Bertz CT molecular complexity index is 1450. The van der Waals surface area contributed by atoms with Crippen molar-refractivity contribution in [2.24, 2.45) is 0 Å². The monoisotopic (exact) mass is 537 g/mol. The van der Waals surface area contributed by atoms with Crippen LogP contribution in [0.15, 0.2) is 48.0 Å². The number of ether oxygens (including phenoxy) is 1. The number of anilines is 1. The fourth-order valence-electron chi connectivity index (χ4n) is 4.67. The molecule has 0 radical (unpaired) electrons. The number of benzene rings is 1. The molecule has 8 nitrogen and oxygen atoms in total. The summed E-state index contributed by atoms with van der Waals surface area (Å²) in [5.74, 6) is -0.395. The normalized spacial score (nSPS) is 14.5. The third-order valence-corrected chi connectivity index (χ3v) is 7.80. The smallest absolute Gasteiger partial charge is 0.325 e. The van der Waals surface area contributed by atoms with Gasteiger partial charge >= 0.3 is 12.0 Å². The first kappa shape index (κ1) is 25.2. The Morgan fingerprint density at radius 3 is 2.65 bits per heavy atom. The van der Waals surface area contributed by atoms with Gasteiger partial charge in [-0.25, -0.2) is 14.8 Å². The van der Waals surface area contributed by atoms with Gasteiger partial charge in [-0.1, -0.05) is 37.6 Å². The van der Waals surface area contributed by atoms with Crippen molar-refractivity contribution in [3.63, 3.8) is 0 Å². The second kappa shape index (κ2) is 10.5. The van der Waals surface area contributed by atoms with Gasteiger partial charge in [-0.05, 0) is 37.6 Å². The zero-order chi connectivity index (χ0) is 26.1. The van der Waals surface area contributed by atoms with Crippen LogP contribution in [0.2, 0.25) is 5.02 Å². The van der Waals surface area contributed by atoms with Gasteiger partial charge in [0.25, 0.3) is 0 Å². The second-order valence-electron chi connectivity index (χ2n) is 8.87. The van der Waals surface area contributed by atoms with E-state index in [4.69, 9.17) is 26.3 Å². The predicted molar refractivity (Wildman–Crippen MR) is 146 cm³/mol. The Morgan fingerprint density at radius 2 is 1.92 bits per heavy atom. The van der Waals surface area contributed by atoms with E-state index in [1.165, 1.54) is 4.90 Å². The van der Waals surface area contributed by atoms with E-state index in [9.17, 15) is 9.59 Å². The largest absolute Gasteiger partial charge is 0.465 e. The molecule has 0 N–H and O–H groups in total. The Balaban J connectivity index is 1.45. The molecular weight excluding hydrogens is 510 g/mol. The van der Waals surface area contributed by atoms with Gasteiger partial charge in [0, 0.05) is 35.3 Å². The van der Waals surface area contributed by atoms with Gasteiger partial charge in [0.05, 0.1) is 35.3 Å². The topological polar surface area (TPSA) is 80.0 Å². The third-order valence-electron chi connectivity index (χ3n) is 6.53. The summed E-state index contributed by atoms with van der Waals surface area (Å²) >= 11 is 7.67. The van der Waals surface area contributed by atoms with Gasteiger partial charge in [-0.3, -0.25) is 9.69 Å². The van der Waals surface area contributed by atoms with E-state index in [0.29, 0.717) is 24.7 Å². The molecule has 1 unspecified atom stereocenters. The SMILES string of the molecule is CCOC(=O)CN1CCN(c2ccc3nc(CC)c(C(C)c4nc(-c5ccc(Cl)cc5)cs4)n3c2)C1=O.